The van der Waals surface area contributed by atoms with E-state index in [2.05, 4.69) is 11.8 Å². The second-order valence-electron chi connectivity index (χ2n) is 4.27. The predicted octanol–water partition coefficient (Wildman–Crippen LogP) is 3.08. The van der Waals surface area contributed by atoms with Crippen molar-refractivity contribution in [3.63, 3.8) is 0 Å². The minimum atomic E-state index is -0.222. The predicted molar refractivity (Wildman–Crippen MR) is 67.2 cm³/mol. The number of anilines is 1. The van der Waals surface area contributed by atoms with Gasteiger partial charge in [0.25, 0.3) is 0 Å². The van der Waals surface area contributed by atoms with E-state index in [4.69, 9.17) is 5.73 Å². The lowest BCUT2D eigenvalue weighted by molar-refractivity contribution is 0.621. The Morgan fingerprint density at radius 2 is 2.12 bits per heavy atom. The van der Waals surface area contributed by atoms with E-state index in [1.54, 1.807) is 0 Å². The monoisotopic (exact) mass is 224 g/mol. The first-order valence-corrected chi connectivity index (χ1v) is 5.82. The highest BCUT2D eigenvalue weighted by Crippen LogP contribution is 2.25. The van der Waals surface area contributed by atoms with Crippen molar-refractivity contribution in [3.05, 3.63) is 29.6 Å². The van der Waals surface area contributed by atoms with E-state index in [0.717, 1.165) is 30.6 Å². The SMILES string of the molecule is CCCCN(C)c1ccc(F)cc1C(C)N. The third-order valence-electron chi connectivity index (χ3n) is 2.74. The third-order valence-corrected chi connectivity index (χ3v) is 2.74. The summed E-state index contributed by atoms with van der Waals surface area (Å²) in [5.41, 5.74) is 7.76. The van der Waals surface area contributed by atoms with Crippen molar-refractivity contribution in [1.82, 2.24) is 0 Å². The quantitative estimate of drug-likeness (QED) is 0.832. The number of rotatable bonds is 5. The summed E-state index contributed by atoms with van der Waals surface area (Å²) >= 11 is 0. The Morgan fingerprint density at radius 3 is 2.69 bits per heavy atom. The molecule has 0 fully saturated rings. The lowest BCUT2D eigenvalue weighted by atomic mass is 10.1. The van der Waals surface area contributed by atoms with Crippen LogP contribution in [0.3, 0.4) is 0 Å². The molecule has 1 rings (SSSR count). The molecular formula is C13H21FN2. The zero-order valence-electron chi connectivity index (χ0n) is 10.3. The van der Waals surface area contributed by atoms with E-state index in [9.17, 15) is 4.39 Å². The molecule has 2 N–H and O–H groups in total. The largest absolute Gasteiger partial charge is 0.374 e. The molecule has 16 heavy (non-hydrogen) atoms. The van der Waals surface area contributed by atoms with Crippen LogP contribution in [0.2, 0.25) is 0 Å². The van der Waals surface area contributed by atoms with Crippen LogP contribution in [0.1, 0.15) is 38.3 Å². The van der Waals surface area contributed by atoms with Crippen LogP contribution in [0.5, 0.6) is 0 Å². The van der Waals surface area contributed by atoms with Crippen LogP contribution in [0.15, 0.2) is 18.2 Å². The third kappa shape index (κ3) is 3.20. The summed E-state index contributed by atoms with van der Waals surface area (Å²) in [6.07, 6.45) is 2.28. The Kier molecular flexibility index (Phi) is 4.74. The van der Waals surface area contributed by atoms with Crippen LogP contribution in [0.25, 0.3) is 0 Å². The number of halogens is 1. The molecule has 90 valence electrons. The Bertz CT molecular complexity index is 337. The van der Waals surface area contributed by atoms with Gasteiger partial charge in [0.2, 0.25) is 0 Å². The molecule has 1 unspecified atom stereocenters. The van der Waals surface area contributed by atoms with Gasteiger partial charge in [0.15, 0.2) is 0 Å². The van der Waals surface area contributed by atoms with Gasteiger partial charge in [0, 0.05) is 25.3 Å². The number of unbranched alkanes of at least 4 members (excludes halogenated alkanes) is 1. The minimum Gasteiger partial charge on any atom is -0.374 e. The zero-order chi connectivity index (χ0) is 12.1. The second-order valence-corrected chi connectivity index (χ2v) is 4.27. The first-order valence-electron chi connectivity index (χ1n) is 5.82. The molecule has 0 bridgehead atoms. The number of hydrogen-bond acceptors (Lipinski definition) is 2. The fraction of sp³-hybridized carbons (Fsp3) is 0.538. The summed E-state index contributed by atoms with van der Waals surface area (Å²) in [5, 5.41) is 0. The molecule has 3 heteroatoms. The summed E-state index contributed by atoms with van der Waals surface area (Å²) < 4.78 is 13.1. The Hall–Kier alpha value is -1.09. The average molecular weight is 224 g/mol. The Morgan fingerprint density at radius 1 is 1.44 bits per heavy atom. The van der Waals surface area contributed by atoms with Crippen molar-refractivity contribution in [2.75, 3.05) is 18.5 Å². The number of nitrogens with two attached hydrogens (primary N) is 1. The molecule has 0 amide bonds. The van der Waals surface area contributed by atoms with Gasteiger partial charge in [-0.1, -0.05) is 13.3 Å². The van der Waals surface area contributed by atoms with Crippen LogP contribution in [-0.2, 0) is 0 Å². The maximum absolute atomic E-state index is 13.1. The molecular weight excluding hydrogens is 203 g/mol. The van der Waals surface area contributed by atoms with Crippen molar-refractivity contribution >= 4 is 5.69 Å². The van der Waals surface area contributed by atoms with Gasteiger partial charge in [0.1, 0.15) is 5.82 Å². The zero-order valence-corrected chi connectivity index (χ0v) is 10.3. The fourth-order valence-electron chi connectivity index (χ4n) is 1.75. The molecule has 0 radical (unpaired) electrons. The standard InChI is InChI=1S/C13H21FN2/c1-4-5-8-16(3)13-7-6-11(14)9-12(13)10(2)15/h6-7,9-10H,4-5,8,15H2,1-3H3. The molecule has 0 aliphatic carbocycles. The van der Waals surface area contributed by atoms with Crippen LogP contribution >= 0.6 is 0 Å². The van der Waals surface area contributed by atoms with Crippen molar-refractivity contribution < 1.29 is 4.39 Å². The summed E-state index contributed by atoms with van der Waals surface area (Å²) in [6.45, 7) is 5.01. The van der Waals surface area contributed by atoms with Crippen LogP contribution in [0, 0.1) is 5.82 Å². The number of nitrogens with zero attached hydrogens (tertiary/aromatic N) is 1. The molecule has 1 aromatic rings. The van der Waals surface area contributed by atoms with Crippen molar-refractivity contribution in [1.29, 1.82) is 0 Å². The van der Waals surface area contributed by atoms with E-state index in [1.165, 1.54) is 12.1 Å². The molecule has 0 heterocycles. The second kappa shape index (κ2) is 5.85. The highest BCUT2D eigenvalue weighted by atomic mass is 19.1. The number of benzene rings is 1. The van der Waals surface area contributed by atoms with E-state index in [0.29, 0.717) is 0 Å². The van der Waals surface area contributed by atoms with Gasteiger partial charge in [0.05, 0.1) is 0 Å². The first-order chi connectivity index (χ1) is 7.56. The van der Waals surface area contributed by atoms with Crippen molar-refractivity contribution in [3.8, 4) is 0 Å². The van der Waals surface area contributed by atoms with Crippen molar-refractivity contribution in [2.24, 2.45) is 5.73 Å². The van der Waals surface area contributed by atoms with Gasteiger partial charge in [-0.25, -0.2) is 4.39 Å². The van der Waals surface area contributed by atoms with Crippen LogP contribution < -0.4 is 10.6 Å². The highest BCUT2D eigenvalue weighted by Gasteiger charge is 2.11. The minimum absolute atomic E-state index is 0.144. The average Bonchev–Trinajstić information content (AvgIpc) is 2.25. The molecule has 0 saturated heterocycles. The Labute approximate surface area is 97.3 Å². The fourth-order valence-corrected chi connectivity index (χ4v) is 1.75. The normalized spacial score (nSPS) is 12.6. The van der Waals surface area contributed by atoms with Gasteiger partial charge in [-0.15, -0.1) is 0 Å². The highest BCUT2D eigenvalue weighted by molar-refractivity contribution is 5.54. The Balaban J connectivity index is 2.93. The summed E-state index contributed by atoms with van der Waals surface area (Å²) in [6, 6.07) is 4.69. The topological polar surface area (TPSA) is 29.3 Å². The molecule has 0 aromatic heterocycles. The lowest BCUT2D eigenvalue weighted by Gasteiger charge is -2.23. The molecule has 1 aromatic carbocycles. The maximum Gasteiger partial charge on any atom is 0.123 e. The first kappa shape index (κ1) is 13.0. The summed E-state index contributed by atoms with van der Waals surface area (Å²) in [5.74, 6) is -0.222. The van der Waals surface area contributed by atoms with Crippen LogP contribution in [0.4, 0.5) is 10.1 Å². The van der Waals surface area contributed by atoms with E-state index in [1.807, 2.05) is 20.0 Å². The lowest BCUT2D eigenvalue weighted by Crippen LogP contribution is -2.21. The van der Waals surface area contributed by atoms with E-state index in [-0.39, 0.29) is 11.9 Å². The molecule has 0 spiro atoms. The molecule has 0 aliphatic rings. The summed E-state index contributed by atoms with van der Waals surface area (Å²) in [4.78, 5) is 2.14. The maximum atomic E-state index is 13.1. The van der Waals surface area contributed by atoms with Crippen molar-refractivity contribution in [2.45, 2.75) is 32.7 Å². The van der Waals surface area contributed by atoms with Gasteiger partial charge in [-0.2, -0.15) is 0 Å². The van der Waals surface area contributed by atoms with E-state index < -0.39 is 0 Å². The summed E-state index contributed by atoms with van der Waals surface area (Å²) in [7, 11) is 2.02. The molecule has 1 atom stereocenters. The molecule has 0 aliphatic heterocycles. The smallest absolute Gasteiger partial charge is 0.123 e. The van der Waals surface area contributed by atoms with Gasteiger partial charge in [-0.05, 0) is 37.1 Å². The van der Waals surface area contributed by atoms with Gasteiger partial charge in [-0.3, -0.25) is 0 Å². The molecule has 0 saturated carbocycles. The molecule has 2 nitrogen and oxygen atoms in total. The number of hydrogen-bond donors (Lipinski definition) is 1. The van der Waals surface area contributed by atoms with Gasteiger partial charge >= 0.3 is 0 Å². The van der Waals surface area contributed by atoms with Crippen LogP contribution in [-0.4, -0.2) is 13.6 Å². The van der Waals surface area contributed by atoms with E-state index >= 15 is 0 Å². The van der Waals surface area contributed by atoms with Gasteiger partial charge < -0.3 is 10.6 Å².